The smallest absolute Gasteiger partial charge is 0.220 e. The zero-order chi connectivity index (χ0) is 13.4. The molecule has 0 spiro atoms. The number of hydrogen-bond donors (Lipinski definition) is 2. The van der Waals surface area contributed by atoms with Crippen molar-refractivity contribution >= 4 is 15.7 Å². The van der Waals surface area contributed by atoms with Gasteiger partial charge < -0.3 is 10.6 Å². The largest absolute Gasteiger partial charge is 0.353 e. The van der Waals surface area contributed by atoms with E-state index in [0.717, 1.165) is 25.8 Å². The standard InChI is InChI=1S/C12H24N2O3S/c1-2-18(16,17)10-4-9-13-8-3-5-12(15)14-11-6-7-11/h11,13H,2-10H2,1H3,(H,14,15). The lowest BCUT2D eigenvalue weighted by molar-refractivity contribution is -0.121. The molecule has 0 aromatic carbocycles. The number of carbonyl (C=O) groups is 1. The third-order valence-electron chi connectivity index (χ3n) is 2.95. The van der Waals surface area contributed by atoms with Crippen LogP contribution in [0.4, 0.5) is 0 Å². The molecule has 0 bridgehead atoms. The highest BCUT2D eigenvalue weighted by atomic mass is 32.2. The van der Waals surface area contributed by atoms with Crippen LogP contribution in [0.1, 0.15) is 39.0 Å². The zero-order valence-corrected chi connectivity index (χ0v) is 11.9. The lowest BCUT2D eigenvalue weighted by Crippen LogP contribution is -2.26. The third-order valence-corrected chi connectivity index (χ3v) is 4.74. The molecule has 0 heterocycles. The maximum absolute atomic E-state index is 11.3. The normalized spacial score (nSPS) is 15.6. The second kappa shape index (κ2) is 7.74. The minimum Gasteiger partial charge on any atom is -0.353 e. The molecule has 0 radical (unpaired) electrons. The van der Waals surface area contributed by atoms with Gasteiger partial charge in [0.05, 0.1) is 5.75 Å². The van der Waals surface area contributed by atoms with Gasteiger partial charge in [0, 0.05) is 18.2 Å². The van der Waals surface area contributed by atoms with Crippen LogP contribution < -0.4 is 10.6 Å². The summed E-state index contributed by atoms with van der Waals surface area (Å²) in [5, 5.41) is 6.10. The van der Waals surface area contributed by atoms with Crippen molar-refractivity contribution in [3.63, 3.8) is 0 Å². The molecule has 5 nitrogen and oxygen atoms in total. The van der Waals surface area contributed by atoms with Gasteiger partial charge in [0.25, 0.3) is 0 Å². The molecule has 0 atom stereocenters. The van der Waals surface area contributed by atoms with E-state index in [9.17, 15) is 13.2 Å². The summed E-state index contributed by atoms with van der Waals surface area (Å²) < 4.78 is 22.4. The third kappa shape index (κ3) is 7.66. The van der Waals surface area contributed by atoms with Crippen LogP contribution in [0.15, 0.2) is 0 Å². The molecular weight excluding hydrogens is 252 g/mol. The van der Waals surface area contributed by atoms with E-state index in [1.165, 1.54) is 0 Å². The fourth-order valence-corrected chi connectivity index (χ4v) is 2.46. The van der Waals surface area contributed by atoms with Crippen LogP contribution in [0.5, 0.6) is 0 Å². The Morgan fingerprint density at radius 1 is 1.22 bits per heavy atom. The SMILES string of the molecule is CCS(=O)(=O)CCCNCCCC(=O)NC1CC1. The van der Waals surface area contributed by atoms with E-state index in [2.05, 4.69) is 10.6 Å². The average molecular weight is 276 g/mol. The van der Waals surface area contributed by atoms with Crippen molar-refractivity contribution in [2.24, 2.45) is 0 Å². The number of carbonyl (C=O) groups excluding carboxylic acids is 1. The minimum atomic E-state index is -2.84. The fraction of sp³-hybridized carbons (Fsp3) is 0.917. The highest BCUT2D eigenvalue weighted by Crippen LogP contribution is 2.18. The number of sulfone groups is 1. The van der Waals surface area contributed by atoms with Gasteiger partial charge in [0.1, 0.15) is 9.84 Å². The Morgan fingerprint density at radius 3 is 2.50 bits per heavy atom. The number of amides is 1. The van der Waals surface area contributed by atoms with Gasteiger partial charge in [-0.05, 0) is 38.8 Å². The highest BCUT2D eigenvalue weighted by molar-refractivity contribution is 7.91. The molecule has 1 aliphatic carbocycles. The minimum absolute atomic E-state index is 0.132. The highest BCUT2D eigenvalue weighted by Gasteiger charge is 2.22. The molecule has 18 heavy (non-hydrogen) atoms. The van der Waals surface area contributed by atoms with Gasteiger partial charge in [-0.2, -0.15) is 0 Å². The van der Waals surface area contributed by atoms with Gasteiger partial charge in [-0.3, -0.25) is 4.79 Å². The quantitative estimate of drug-likeness (QED) is 0.568. The van der Waals surface area contributed by atoms with Gasteiger partial charge >= 0.3 is 0 Å². The Balaban J connectivity index is 1.87. The molecule has 1 rings (SSSR count). The van der Waals surface area contributed by atoms with Crippen LogP contribution in [0.25, 0.3) is 0 Å². The molecule has 0 unspecified atom stereocenters. The second-order valence-electron chi connectivity index (χ2n) is 4.79. The van der Waals surface area contributed by atoms with Crippen molar-refractivity contribution in [3.8, 4) is 0 Å². The monoisotopic (exact) mass is 276 g/mol. The van der Waals surface area contributed by atoms with Gasteiger partial charge in [0.2, 0.25) is 5.91 Å². The molecule has 1 fully saturated rings. The molecular formula is C12H24N2O3S. The lowest BCUT2D eigenvalue weighted by Gasteiger charge is -2.05. The Morgan fingerprint density at radius 2 is 1.89 bits per heavy atom. The summed E-state index contributed by atoms with van der Waals surface area (Å²) in [5.41, 5.74) is 0. The van der Waals surface area contributed by atoms with E-state index >= 15 is 0 Å². The van der Waals surface area contributed by atoms with Gasteiger partial charge in [-0.1, -0.05) is 6.92 Å². The summed E-state index contributed by atoms with van der Waals surface area (Å²) in [5.74, 6) is 0.598. The van der Waals surface area contributed by atoms with E-state index in [1.807, 2.05) is 0 Å². The maximum Gasteiger partial charge on any atom is 0.220 e. The van der Waals surface area contributed by atoms with Gasteiger partial charge in [-0.25, -0.2) is 8.42 Å². The molecule has 0 saturated heterocycles. The first kappa shape index (κ1) is 15.4. The van der Waals surface area contributed by atoms with E-state index in [0.29, 0.717) is 25.4 Å². The van der Waals surface area contributed by atoms with E-state index < -0.39 is 9.84 Å². The van der Waals surface area contributed by atoms with Crippen molar-refractivity contribution in [2.45, 2.75) is 45.1 Å². The van der Waals surface area contributed by atoms with Crippen LogP contribution in [0, 0.1) is 0 Å². The number of nitrogens with one attached hydrogen (secondary N) is 2. The summed E-state index contributed by atoms with van der Waals surface area (Å²) in [4.78, 5) is 11.3. The summed E-state index contributed by atoms with van der Waals surface area (Å²) >= 11 is 0. The Hall–Kier alpha value is -0.620. The molecule has 106 valence electrons. The Kier molecular flexibility index (Phi) is 6.63. The first-order valence-electron chi connectivity index (χ1n) is 6.74. The van der Waals surface area contributed by atoms with Crippen LogP contribution in [-0.4, -0.2) is 45.0 Å². The molecule has 0 aromatic heterocycles. The molecule has 1 aliphatic rings. The van der Waals surface area contributed by atoms with Crippen molar-refractivity contribution < 1.29 is 13.2 Å². The molecule has 1 saturated carbocycles. The second-order valence-corrected chi connectivity index (χ2v) is 7.26. The van der Waals surface area contributed by atoms with Crippen LogP contribution in [0.2, 0.25) is 0 Å². The van der Waals surface area contributed by atoms with Gasteiger partial charge in [0.15, 0.2) is 0 Å². The first-order valence-corrected chi connectivity index (χ1v) is 8.56. The molecule has 0 aromatic rings. The van der Waals surface area contributed by atoms with Crippen LogP contribution >= 0.6 is 0 Å². The average Bonchev–Trinajstić information content (AvgIpc) is 3.11. The van der Waals surface area contributed by atoms with Crippen LogP contribution in [-0.2, 0) is 14.6 Å². The molecule has 2 N–H and O–H groups in total. The van der Waals surface area contributed by atoms with Crippen LogP contribution in [0.3, 0.4) is 0 Å². The Labute approximate surface area is 110 Å². The van der Waals surface area contributed by atoms with Crippen molar-refractivity contribution in [1.29, 1.82) is 0 Å². The number of rotatable bonds is 10. The van der Waals surface area contributed by atoms with E-state index in [-0.39, 0.29) is 17.4 Å². The topological polar surface area (TPSA) is 75.3 Å². The number of hydrogen-bond acceptors (Lipinski definition) is 4. The molecule has 1 amide bonds. The van der Waals surface area contributed by atoms with Crippen molar-refractivity contribution in [1.82, 2.24) is 10.6 Å². The predicted molar refractivity (Wildman–Crippen MR) is 72.2 cm³/mol. The fourth-order valence-electron chi connectivity index (χ4n) is 1.59. The summed E-state index contributed by atoms with van der Waals surface area (Å²) in [6.07, 6.45) is 4.24. The Bertz CT molecular complexity index is 350. The molecule has 6 heteroatoms. The summed E-state index contributed by atoms with van der Waals surface area (Å²) in [6.45, 7) is 3.13. The van der Waals surface area contributed by atoms with Crippen molar-refractivity contribution in [3.05, 3.63) is 0 Å². The van der Waals surface area contributed by atoms with Gasteiger partial charge in [-0.15, -0.1) is 0 Å². The van der Waals surface area contributed by atoms with E-state index in [1.54, 1.807) is 6.92 Å². The summed E-state index contributed by atoms with van der Waals surface area (Å²) in [6, 6.07) is 0.435. The first-order chi connectivity index (χ1) is 8.53. The molecule has 0 aliphatic heterocycles. The predicted octanol–water partition coefficient (Wildman–Crippen LogP) is 0.460. The van der Waals surface area contributed by atoms with Crippen molar-refractivity contribution in [2.75, 3.05) is 24.6 Å². The maximum atomic E-state index is 11.3. The summed E-state index contributed by atoms with van der Waals surface area (Å²) in [7, 11) is -2.84. The van der Waals surface area contributed by atoms with E-state index in [4.69, 9.17) is 0 Å². The lowest BCUT2D eigenvalue weighted by atomic mass is 10.3. The zero-order valence-electron chi connectivity index (χ0n) is 11.1.